The van der Waals surface area contributed by atoms with E-state index >= 15 is 0 Å². The van der Waals surface area contributed by atoms with Crippen molar-refractivity contribution < 1.29 is 24.4 Å². The van der Waals surface area contributed by atoms with Crippen molar-refractivity contribution in [3.8, 4) is 0 Å². The summed E-state index contributed by atoms with van der Waals surface area (Å²) in [7, 11) is 1.44. The van der Waals surface area contributed by atoms with E-state index in [1.54, 1.807) is 0 Å². The lowest BCUT2D eigenvalue weighted by atomic mass is 9.78. The largest absolute Gasteiger partial charge is 0.464 e. The number of hydrogen-bond acceptors (Lipinski definition) is 6. The fourth-order valence-electron chi connectivity index (χ4n) is 3.55. The van der Waals surface area contributed by atoms with Gasteiger partial charge in [0.15, 0.2) is 0 Å². The van der Waals surface area contributed by atoms with Crippen LogP contribution in [0, 0.1) is 0 Å². The Labute approximate surface area is 133 Å². The van der Waals surface area contributed by atoms with Gasteiger partial charge in [0.2, 0.25) is 0 Å². The second kappa shape index (κ2) is 8.24. The van der Waals surface area contributed by atoms with E-state index in [2.05, 4.69) is 37.5 Å². The van der Waals surface area contributed by atoms with Crippen LogP contribution in [0.2, 0.25) is 0 Å². The molecular weight excluding hydrogens is 286 g/mol. The van der Waals surface area contributed by atoms with Gasteiger partial charge in [0.25, 0.3) is 0 Å². The number of aliphatic hydroxyl groups excluding tert-OH is 1. The number of carbonyl (C=O) groups excluding carboxylic acids is 1. The number of hydrogen-bond donors (Lipinski definition) is 1. The van der Waals surface area contributed by atoms with Crippen LogP contribution in [0.1, 0.15) is 53.4 Å². The standard InChI is InChI=1S/C16H31NO5/c1-15(2)11-13(18)12-16(3,4)17(15)8-10-21-14(19)7-6-9-22-20-5/h13,18H,6-12H2,1-5H3. The normalized spacial score (nSPS) is 21.7. The van der Waals surface area contributed by atoms with Crippen molar-refractivity contribution in [2.75, 3.05) is 26.9 Å². The maximum Gasteiger partial charge on any atom is 0.305 e. The van der Waals surface area contributed by atoms with Crippen LogP contribution in [0.5, 0.6) is 0 Å². The molecule has 0 saturated carbocycles. The molecule has 0 unspecified atom stereocenters. The third kappa shape index (κ3) is 5.83. The number of likely N-dealkylation sites (tertiary alicyclic amines) is 1. The molecule has 1 rings (SSSR count). The fraction of sp³-hybridized carbons (Fsp3) is 0.938. The van der Waals surface area contributed by atoms with Gasteiger partial charge in [-0.2, -0.15) is 0 Å². The van der Waals surface area contributed by atoms with Crippen molar-refractivity contribution >= 4 is 5.97 Å². The van der Waals surface area contributed by atoms with E-state index < -0.39 is 0 Å². The van der Waals surface area contributed by atoms with E-state index in [9.17, 15) is 9.90 Å². The molecule has 0 bridgehead atoms. The van der Waals surface area contributed by atoms with Gasteiger partial charge < -0.3 is 9.84 Å². The Morgan fingerprint density at radius 2 is 1.77 bits per heavy atom. The van der Waals surface area contributed by atoms with Crippen molar-refractivity contribution in [1.29, 1.82) is 0 Å². The number of aliphatic hydroxyl groups is 1. The van der Waals surface area contributed by atoms with E-state index in [1.807, 2.05) is 0 Å². The quantitative estimate of drug-likeness (QED) is 0.319. The van der Waals surface area contributed by atoms with Crippen molar-refractivity contribution in [3.05, 3.63) is 0 Å². The van der Waals surface area contributed by atoms with Gasteiger partial charge in [0.1, 0.15) is 6.61 Å². The molecule has 0 aromatic carbocycles. The summed E-state index contributed by atoms with van der Waals surface area (Å²) in [6.45, 7) is 9.93. The SMILES string of the molecule is COOCCCC(=O)OCCN1C(C)(C)CC(O)CC1(C)C. The molecule has 0 aromatic heterocycles. The first-order valence-corrected chi connectivity index (χ1v) is 7.96. The number of rotatable bonds is 8. The van der Waals surface area contributed by atoms with Crippen molar-refractivity contribution in [3.63, 3.8) is 0 Å². The fourth-order valence-corrected chi connectivity index (χ4v) is 3.55. The zero-order valence-electron chi connectivity index (χ0n) is 14.6. The number of ether oxygens (including phenoxy) is 1. The predicted octanol–water partition coefficient (Wildman–Crippen LogP) is 1.90. The van der Waals surface area contributed by atoms with Gasteiger partial charge in [-0.3, -0.25) is 9.69 Å². The van der Waals surface area contributed by atoms with Crippen LogP contribution < -0.4 is 0 Å². The highest BCUT2D eigenvalue weighted by molar-refractivity contribution is 5.69. The van der Waals surface area contributed by atoms with Crippen molar-refractivity contribution in [2.45, 2.75) is 70.6 Å². The topological polar surface area (TPSA) is 68.2 Å². The summed E-state index contributed by atoms with van der Waals surface area (Å²) in [5.74, 6) is -0.215. The molecule has 0 amide bonds. The van der Waals surface area contributed by atoms with Crippen LogP contribution >= 0.6 is 0 Å². The van der Waals surface area contributed by atoms with Crippen molar-refractivity contribution in [2.24, 2.45) is 0 Å². The highest BCUT2D eigenvalue weighted by atomic mass is 17.2. The Morgan fingerprint density at radius 3 is 2.32 bits per heavy atom. The van der Waals surface area contributed by atoms with Crippen LogP contribution in [0.15, 0.2) is 0 Å². The lowest BCUT2D eigenvalue weighted by molar-refractivity contribution is -0.272. The predicted molar refractivity (Wildman–Crippen MR) is 83.3 cm³/mol. The summed E-state index contributed by atoms with van der Waals surface area (Å²) in [6.07, 6.45) is 2.11. The summed E-state index contributed by atoms with van der Waals surface area (Å²) < 4.78 is 5.30. The highest BCUT2D eigenvalue weighted by Crippen LogP contribution is 2.37. The van der Waals surface area contributed by atoms with Gasteiger partial charge in [0, 0.05) is 24.0 Å². The van der Waals surface area contributed by atoms with Gasteiger partial charge in [0.05, 0.1) is 19.8 Å². The first kappa shape index (κ1) is 19.4. The molecule has 1 heterocycles. The molecule has 6 heteroatoms. The van der Waals surface area contributed by atoms with Gasteiger partial charge in [-0.1, -0.05) is 0 Å². The van der Waals surface area contributed by atoms with Gasteiger partial charge >= 0.3 is 5.97 Å². The monoisotopic (exact) mass is 317 g/mol. The molecule has 1 aliphatic heterocycles. The summed E-state index contributed by atoms with van der Waals surface area (Å²) in [4.78, 5) is 23.1. The van der Waals surface area contributed by atoms with E-state index in [0.29, 0.717) is 32.6 Å². The van der Waals surface area contributed by atoms with E-state index in [4.69, 9.17) is 9.62 Å². The number of piperidine rings is 1. The van der Waals surface area contributed by atoms with E-state index in [-0.39, 0.29) is 23.2 Å². The Balaban J connectivity index is 2.37. The minimum absolute atomic E-state index is 0.111. The minimum Gasteiger partial charge on any atom is -0.464 e. The molecule has 0 atom stereocenters. The number of esters is 1. The lowest BCUT2D eigenvalue weighted by Crippen LogP contribution is -2.62. The first-order valence-electron chi connectivity index (χ1n) is 7.96. The average Bonchev–Trinajstić information content (AvgIpc) is 2.36. The Morgan fingerprint density at radius 1 is 1.18 bits per heavy atom. The summed E-state index contributed by atoms with van der Waals surface area (Å²) in [6, 6.07) is 0. The molecule has 0 aromatic rings. The smallest absolute Gasteiger partial charge is 0.305 e. The molecule has 0 radical (unpaired) electrons. The van der Waals surface area contributed by atoms with Gasteiger partial charge in [-0.05, 0) is 47.0 Å². The van der Waals surface area contributed by atoms with E-state index in [1.165, 1.54) is 7.11 Å². The molecule has 0 aliphatic carbocycles. The average molecular weight is 317 g/mol. The molecule has 1 saturated heterocycles. The van der Waals surface area contributed by atoms with Crippen molar-refractivity contribution in [1.82, 2.24) is 4.90 Å². The molecule has 130 valence electrons. The lowest BCUT2D eigenvalue weighted by Gasteiger charge is -2.54. The summed E-state index contributed by atoms with van der Waals surface area (Å²) in [5, 5.41) is 10.0. The third-order valence-corrected chi connectivity index (χ3v) is 4.24. The maximum atomic E-state index is 11.6. The van der Waals surface area contributed by atoms with Crippen LogP contribution in [0.3, 0.4) is 0 Å². The molecule has 22 heavy (non-hydrogen) atoms. The highest BCUT2D eigenvalue weighted by Gasteiger charge is 2.44. The van der Waals surface area contributed by atoms with Gasteiger partial charge in [-0.15, -0.1) is 0 Å². The summed E-state index contributed by atoms with van der Waals surface area (Å²) >= 11 is 0. The zero-order chi connectivity index (χ0) is 16.8. The summed E-state index contributed by atoms with van der Waals surface area (Å²) in [5.41, 5.74) is -0.222. The van der Waals surface area contributed by atoms with E-state index in [0.717, 1.165) is 12.8 Å². The first-order chi connectivity index (χ1) is 10.2. The van der Waals surface area contributed by atoms with Crippen LogP contribution in [-0.2, 0) is 19.3 Å². The Hall–Kier alpha value is -0.690. The number of nitrogens with zero attached hydrogens (tertiary/aromatic N) is 1. The molecule has 0 spiro atoms. The Kier molecular flexibility index (Phi) is 7.25. The molecule has 1 aliphatic rings. The van der Waals surface area contributed by atoms with Crippen LogP contribution in [0.4, 0.5) is 0 Å². The molecule has 6 nitrogen and oxygen atoms in total. The molecule has 1 fully saturated rings. The Bertz CT molecular complexity index is 338. The zero-order valence-corrected chi connectivity index (χ0v) is 14.6. The van der Waals surface area contributed by atoms with Crippen LogP contribution in [-0.4, -0.2) is 60.0 Å². The number of carbonyl (C=O) groups is 1. The molecule has 1 N–H and O–H groups in total. The molecular formula is C16H31NO5. The third-order valence-electron chi connectivity index (χ3n) is 4.24. The minimum atomic E-state index is -0.274. The second-order valence-corrected chi connectivity index (χ2v) is 7.15. The second-order valence-electron chi connectivity index (χ2n) is 7.15. The maximum absolute atomic E-state index is 11.6. The van der Waals surface area contributed by atoms with Gasteiger partial charge in [-0.25, -0.2) is 9.78 Å². The van der Waals surface area contributed by atoms with Crippen LogP contribution in [0.25, 0.3) is 0 Å².